The number of carbonyl (C=O) groups is 1. The van der Waals surface area contributed by atoms with Crippen LogP contribution in [0, 0.1) is 0 Å². The molecule has 0 aromatic heterocycles. The van der Waals surface area contributed by atoms with Crippen molar-refractivity contribution >= 4 is 39.4 Å². The van der Waals surface area contributed by atoms with Gasteiger partial charge in [0.2, 0.25) is 0 Å². The normalized spacial score (nSPS) is 11.8. The molecule has 2 aromatic rings. The largest absolute Gasteiger partial charge is 0.331 e. The van der Waals surface area contributed by atoms with E-state index in [1.807, 2.05) is 61.7 Å². The highest BCUT2D eigenvalue weighted by Gasteiger charge is 2.09. The first kappa shape index (κ1) is 15.9. The quantitative estimate of drug-likeness (QED) is 0.744. The number of anilines is 1. The van der Waals surface area contributed by atoms with E-state index in [1.54, 1.807) is 11.8 Å². The zero-order valence-corrected chi connectivity index (χ0v) is 14.3. The molecule has 5 heteroatoms. The maximum absolute atomic E-state index is 12.0. The molecule has 0 saturated heterocycles. The van der Waals surface area contributed by atoms with Crippen molar-refractivity contribution in [1.82, 2.24) is 5.32 Å². The van der Waals surface area contributed by atoms with Crippen molar-refractivity contribution in [2.45, 2.75) is 17.9 Å². The van der Waals surface area contributed by atoms with Crippen LogP contribution in [-0.4, -0.2) is 12.3 Å². The Morgan fingerprint density at radius 1 is 1.19 bits per heavy atom. The summed E-state index contributed by atoms with van der Waals surface area (Å²) >= 11 is 5.05. The van der Waals surface area contributed by atoms with Crippen molar-refractivity contribution in [3.63, 3.8) is 0 Å². The molecular weight excluding hydrogens is 348 g/mol. The van der Waals surface area contributed by atoms with Crippen molar-refractivity contribution in [2.75, 3.05) is 11.6 Å². The second kappa shape index (κ2) is 7.52. The van der Waals surface area contributed by atoms with Gasteiger partial charge in [0.1, 0.15) is 0 Å². The number of amides is 2. The molecule has 1 unspecified atom stereocenters. The molecule has 110 valence electrons. The van der Waals surface area contributed by atoms with Gasteiger partial charge in [-0.05, 0) is 49.1 Å². The van der Waals surface area contributed by atoms with Crippen molar-refractivity contribution in [3.05, 3.63) is 58.6 Å². The Labute approximate surface area is 137 Å². The summed E-state index contributed by atoms with van der Waals surface area (Å²) < 4.78 is 1.02. The molecule has 1 atom stereocenters. The third-order valence-electron chi connectivity index (χ3n) is 3.05. The predicted molar refractivity (Wildman–Crippen MR) is 92.9 cm³/mol. The summed E-state index contributed by atoms with van der Waals surface area (Å²) in [4.78, 5) is 13.1. The highest BCUT2D eigenvalue weighted by molar-refractivity contribution is 9.10. The lowest BCUT2D eigenvalue weighted by molar-refractivity contribution is 0.249. The third-order valence-corrected chi connectivity index (χ3v) is 4.30. The van der Waals surface area contributed by atoms with E-state index in [4.69, 9.17) is 0 Å². The molecule has 0 bridgehead atoms. The smallest absolute Gasteiger partial charge is 0.319 e. The van der Waals surface area contributed by atoms with Crippen molar-refractivity contribution in [2.24, 2.45) is 0 Å². The van der Waals surface area contributed by atoms with Gasteiger partial charge in [0.15, 0.2) is 0 Å². The Kier molecular flexibility index (Phi) is 5.70. The maximum Gasteiger partial charge on any atom is 0.319 e. The fraction of sp³-hybridized carbons (Fsp3) is 0.188. The average Bonchev–Trinajstić information content (AvgIpc) is 2.47. The Morgan fingerprint density at radius 3 is 2.57 bits per heavy atom. The summed E-state index contributed by atoms with van der Waals surface area (Å²) in [5, 5.41) is 5.79. The standard InChI is InChI=1S/C16H17BrN2OS/c1-11(12-6-8-13(17)9-7-12)18-16(20)19-14-4-3-5-15(10-14)21-2/h3-11H,1-2H3,(H2,18,19,20). The van der Waals surface area contributed by atoms with Gasteiger partial charge in [0.05, 0.1) is 6.04 Å². The first-order valence-electron chi connectivity index (χ1n) is 6.55. The fourth-order valence-corrected chi connectivity index (χ4v) is 2.62. The van der Waals surface area contributed by atoms with Crippen LogP contribution in [0.3, 0.4) is 0 Å². The molecule has 2 amide bonds. The monoisotopic (exact) mass is 364 g/mol. The van der Waals surface area contributed by atoms with Gasteiger partial charge in [0.25, 0.3) is 0 Å². The molecule has 0 heterocycles. The lowest BCUT2D eigenvalue weighted by atomic mass is 10.1. The molecule has 3 nitrogen and oxygen atoms in total. The van der Waals surface area contributed by atoms with Crippen LogP contribution < -0.4 is 10.6 Å². The minimum Gasteiger partial charge on any atom is -0.331 e. The van der Waals surface area contributed by atoms with Gasteiger partial charge in [-0.15, -0.1) is 11.8 Å². The highest BCUT2D eigenvalue weighted by Crippen LogP contribution is 2.20. The lowest BCUT2D eigenvalue weighted by Crippen LogP contribution is -2.31. The van der Waals surface area contributed by atoms with E-state index in [-0.39, 0.29) is 12.1 Å². The average molecular weight is 365 g/mol. The summed E-state index contributed by atoms with van der Waals surface area (Å²) in [7, 11) is 0. The number of carbonyl (C=O) groups excluding carboxylic acids is 1. The molecule has 0 fully saturated rings. The molecule has 2 N–H and O–H groups in total. The Hall–Kier alpha value is -1.46. The molecule has 0 aliphatic carbocycles. The number of thioether (sulfide) groups is 1. The second-order valence-corrected chi connectivity index (χ2v) is 6.40. The van der Waals surface area contributed by atoms with Gasteiger partial charge < -0.3 is 10.6 Å². The minimum absolute atomic E-state index is 0.0539. The zero-order chi connectivity index (χ0) is 15.2. The highest BCUT2D eigenvalue weighted by atomic mass is 79.9. The summed E-state index contributed by atoms with van der Waals surface area (Å²) in [6, 6.07) is 15.4. The molecule has 0 radical (unpaired) electrons. The van der Waals surface area contributed by atoms with E-state index < -0.39 is 0 Å². The topological polar surface area (TPSA) is 41.1 Å². The number of benzene rings is 2. The van der Waals surface area contributed by atoms with Gasteiger partial charge in [-0.2, -0.15) is 0 Å². The van der Waals surface area contributed by atoms with Crippen LogP contribution in [0.2, 0.25) is 0 Å². The van der Waals surface area contributed by atoms with Crippen LogP contribution in [0.5, 0.6) is 0 Å². The summed E-state index contributed by atoms with van der Waals surface area (Å²) in [6.45, 7) is 1.96. The molecule has 0 spiro atoms. The number of urea groups is 1. The van der Waals surface area contributed by atoms with Crippen LogP contribution in [-0.2, 0) is 0 Å². The third kappa shape index (κ3) is 4.79. The van der Waals surface area contributed by atoms with Crippen molar-refractivity contribution in [1.29, 1.82) is 0 Å². The van der Waals surface area contributed by atoms with E-state index in [0.29, 0.717) is 0 Å². The van der Waals surface area contributed by atoms with Crippen molar-refractivity contribution < 1.29 is 4.79 Å². The number of hydrogen-bond acceptors (Lipinski definition) is 2. The van der Waals surface area contributed by atoms with E-state index in [2.05, 4.69) is 26.6 Å². The SMILES string of the molecule is CSc1cccc(NC(=O)NC(C)c2ccc(Br)cc2)c1. The van der Waals surface area contributed by atoms with Crippen LogP contribution in [0.4, 0.5) is 10.5 Å². The number of hydrogen-bond donors (Lipinski definition) is 2. The first-order chi connectivity index (χ1) is 10.1. The number of nitrogens with one attached hydrogen (secondary N) is 2. The molecule has 0 aliphatic heterocycles. The summed E-state index contributed by atoms with van der Waals surface area (Å²) in [5.74, 6) is 0. The molecule has 21 heavy (non-hydrogen) atoms. The number of halogens is 1. The first-order valence-corrected chi connectivity index (χ1v) is 8.57. The Balaban J connectivity index is 1.96. The van der Waals surface area contributed by atoms with E-state index in [0.717, 1.165) is 20.6 Å². The summed E-state index contributed by atoms with van der Waals surface area (Å²) in [6.07, 6.45) is 2.01. The van der Waals surface area contributed by atoms with Crippen LogP contribution in [0.15, 0.2) is 57.9 Å². The van der Waals surface area contributed by atoms with Gasteiger partial charge >= 0.3 is 6.03 Å². The van der Waals surface area contributed by atoms with Crippen molar-refractivity contribution in [3.8, 4) is 0 Å². The van der Waals surface area contributed by atoms with Gasteiger partial charge in [-0.1, -0.05) is 34.1 Å². The van der Waals surface area contributed by atoms with Gasteiger partial charge in [-0.25, -0.2) is 4.79 Å². The Morgan fingerprint density at radius 2 is 1.90 bits per heavy atom. The minimum atomic E-state index is -0.205. The molecule has 0 aliphatic rings. The van der Waals surface area contributed by atoms with E-state index in [1.165, 1.54) is 0 Å². The Bertz CT molecular complexity index is 616. The number of rotatable bonds is 4. The fourth-order valence-electron chi connectivity index (χ4n) is 1.90. The van der Waals surface area contributed by atoms with E-state index >= 15 is 0 Å². The maximum atomic E-state index is 12.0. The molecule has 0 saturated carbocycles. The van der Waals surface area contributed by atoms with Crippen LogP contribution in [0.1, 0.15) is 18.5 Å². The summed E-state index contributed by atoms with van der Waals surface area (Å²) in [5.41, 5.74) is 1.86. The lowest BCUT2D eigenvalue weighted by Gasteiger charge is -2.15. The second-order valence-electron chi connectivity index (χ2n) is 4.60. The molecular formula is C16H17BrN2OS. The van der Waals surface area contributed by atoms with Gasteiger partial charge in [-0.3, -0.25) is 0 Å². The zero-order valence-electron chi connectivity index (χ0n) is 11.9. The van der Waals surface area contributed by atoms with Crippen LogP contribution in [0.25, 0.3) is 0 Å². The molecule has 2 rings (SSSR count). The molecule has 2 aromatic carbocycles. The predicted octanol–water partition coefficient (Wildman–Crippen LogP) is 5.05. The van der Waals surface area contributed by atoms with E-state index in [9.17, 15) is 4.79 Å². The van der Waals surface area contributed by atoms with Gasteiger partial charge in [0, 0.05) is 15.1 Å². The van der Waals surface area contributed by atoms with Crippen LogP contribution >= 0.6 is 27.7 Å².